The minimum atomic E-state index is -0.208. The lowest BCUT2D eigenvalue weighted by Crippen LogP contribution is -2.30. The molecule has 1 aliphatic carbocycles. The van der Waals surface area contributed by atoms with Gasteiger partial charge in [-0.15, -0.1) is 0 Å². The summed E-state index contributed by atoms with van der Waals surface area (Å²) < 4.78 is 29.9. The highest BCUT2D eigenvalue weighted by Gasteiger charge is 2.29. The van der Waals surface area contributed by atoms with E-state index in [9.17, 15) is 9.18 Å². The van der Waals surface area contributed by atoms with E-state index in [4.69, 9.17) is 14.2 Å². The summed E-state index contributed by atoms with van der Waals surface area (Å²) in [6.07, 6.45) is 2.48. The molecule has 3 rings (SSSR count). The predicted octanol–water partition coefficient (Wildman–Crippen LogP) is 3.84. The number of nitrogens with one attached hydrogen (secondary N) is 1. The van der Waals surface area contributed by atoms with Crippen LogP contribution in [0.15, 0.2) is 36.4 Å². The highest BCUT2D eigenvalue weighted by Crippen LogP contribution is 2.40. The predicted molar refractivity (Wildman–Crippen MR) is 109 cm³/mol. The first-order chi connectivity index (χ1) is 14.0. The third kappa shape index (κ3) is 5.38. The zero-order valence-electron chi connectivity index (χ0n) is 17.0. The van der Waals surface area contributed by atoms with Gasteiger partial charge in [-0.25, -0.2) is 4.39 Å². The molecule has 1 aliphatic rings. The highest BCUT2D eigenvalue weighted by molar-refractivity contribution is 5.91. The van der Waals surface area contributed by atoms with E-state index in [1.54, 1.807) is 24.3 Å². The first-order valence-electron chi connectivity index (χ1n) is 9.63. The number of amides is 1. The van der Waals surface area contributed by atoms with Crippen molar-refractivity contribution in [3.05, 3.63) is 47.8 Å². The molecule has 6 nitrogen and oxygen atoms in total. The minimum Gasteiger partial charge on any atom is -0.493 e. The van der Waals surface area contributed by atoms with Gasteiger partial charge in [-0.3, -0.25) is 9.69 Å². The maximum absolute atomic E-state index is 14.0. The molecular formula is C22H27FN2O4. The maximum Gasteiger partial charge on any atom is 0.225 e. The van der Waals surface area contributed by atoms with Gasteiger partial charge in [-0.05, 0) is 18.9 Å². The van der Waals surface area contributed by atoms with Crippen molar-refractivity contribution < 1.29 is 23.4 Å². The lowest BCUT2D eigenvalue weighted by Gasteiger charge is -2.22. The molecule has 1 fully saturated rings. The third-order valence-corrected chi connectivity index (χ3v) is 4.97. The minimum absolute atomic E-state index is 0.126. The number of halogens is 1. The number of anilines is 1. The smallest absolute Gasteiger partial charge is 0.225 e. The molecule has 1 amide bonds. The topological polar surface area (TPSA) is 60.0 Å². The lowest BCUT2D eigenvalue weighted by atomic mass is 10.2. The summed E-state index contributed by atoms with van der Waals surface area (Å²) in [5, 5.41) is 2.88. The summed E-state index contributed by atoms with van der Waals surface area (Å²) in [5.41, 5.74) is 1.22. The Morgan fingerprint density at radius 3 is 2.31 bits per heavy atom. The molecular weight excluding hydrogens is 375 g/mol. The number of ether oxygens (including phenoxy) is 3. The molecule has 2 aromatic carbocycles. The van der Waals surface area contributed by atoms with Crippen LogP contribution in [0.5, 0.6) is 17.2 Å². The van der Waals surface area contributed by atoms with Gasteiger partial charge in [0.1, 0.15) is 5.82 Å². The second-order valence-electron chi connectivity index (χ2n) is 7.01. The number of methoxy groups -OCH3 is 3. The van der Waals surface area contributed by atoms with Gasteiger partial charge in [0.15, 0.2) is 11.5 Å². The third-order valence-electron chi connectivity index (χ3n) is 4.97. The van der Waals surface area contributed by atoms with Gasteiger partial charge < -0.3 is 19.5 Å². The van der Waals surface area contributed by atoms with Crippen molar-refractivity contribution in [2.24, 2.45) is 0 Å². The molecule has 0 aromatic heterocycles. The van der Waals surface area contributed by atoms with Crippen LogP contribution >= 0.6 is 0 Å². The Balaban J connectivity index is 1.62. The fraction of sp³-hybridized carbons (Fsp3) is 0.409. The molecule has 29 heavy (non-hydrogen) atoms. The summed E-state index contributed by atoms with van der Waals surface area (Å²) >= 11 is 0. The van der Waals surface area contributed by atoms with Crippen molar-refractivity contribution in [2.45, 2.75) is 31.8 Å². The van der Waals surface area contributed by atoms with Crippen LogP contribution < -0.4 is 19.5 Å². The van der Waals surface area contributed by atoms with Crippen molar-refractivity contribution in [2.75, 3.05) is 33.2 Å². The first-order valence-corrected chi connectivity index (χ1v) is 9.63. The number of carbonyl (C=O) groups is 1. The summed E-state index contributed by atoms with van der Waals surface area (Å²) in [6, 6.07) is 10.6. The van der Waals surface area contributed by atoms with Gasteiger partial charge >= 0.3 is 0 Å². The van der Waals surface area contributed by atoms with Gasteiger partial charge in [0.2, 0.25) is 11.7 Å². The van der Waals surface area contributed by atoms with Crippen molar-refractivity contribution in [3.8, 4) is 17.2 Å². The number of nitrogens with zero attached hydrogens (tertiary/aromatic N) is 1. The van der Waals surface area contributed by atoms with E-state index in [1.165, 1.54) is 27.4 Å². The van der Waals surface area contributed by atoms with Crippen LogP contribution in [-0.4, -0.2) is 44.7 Å². The van der Waals surface area contributed by atoms with Crippen LogP contribution in [0, 0.1) is 5.82 Å². The largest absolute Gasteiger partial charge is 0.493 e. The second kappa shape index (κ2) is 9.60. The molecule has 0 aliphatic heterocycles. The number of hydrogen-bond donors (Lipinski definition) is 1. The van der Waals surface area contributed by atoms with E-state index in [-0.39, 0.29) is 11.7 Å². The standard InChI is InChI=1S/C22H27FN2O4/c1-27-19-12-16(13-20(28-2)22(19)29-3)24-21(26)10-11-25(17-8-9-17)14-15-6-4-5-7-18(15)23/h4-7,12-13,17H,8-11,14H2,1-3H3,(H,24,26). The molecule has 1 saturated carbocycles. The fourth-order valence-electron chi connectivity index (χ4n) is 3.30. The number of hydrogen-bond acceptors (Lipinski definition) is 5. The van der Waals surface area contributed by atoms with Crippen molar-refractivity contribution in [1.29, 1.82) is 0 Å². The molecule has 156 valence electrons. The summed E-state index contributed by atoms with van der Waals surface area (Å²) in [6.45, 7) is 1.07. The second-order valence-corrected chi connectivity index (χ2v) is 7.01. The van der Waals surface area contributed by atoms with E-state index in [1.807, 2.05) is 6.07 Å². The molecule has 0 saturated heterocycles. The van der Waals surface area contributed by atoms with Crippen LogP contribution in [0.2, 0.25) is 0 Å². The van der Waals surface area contributed by atoms with Gasteiger partial charge in [0.25, 0.3) is 0 Å². The molecule has 0 heterocycles. The molecule has 0 atom stereocenters. The van der Waals surface area contributed by atoms with Gasteiger partial charge in [-0.2, -0.15) is 0 Å². The average Bonchev–Trinajstić information content (AvgIpc) is 3.56. The van der Waals surface area contributed by atoms with Crippen LogP contribution in [0.25, 0.3) is 0 Å². The molecule has 0 unspecified atom stereocenters. The van der Waals surface area contributed by atoms with E-state index < -0.39 is 0 Å². The summed E-state index contributed by atoms with van der Waals surface area (Å²) in [5.74, 6) is 1.08. The lowest BCUT2D eigenvalue weighted by molar-refractivity contribution is -0.116. The maximum atomic E-state index is 14.0. The first kappa shape index (κ1) is 20.9. The Morgan fingerprint density at radius 1 is 1.10 bits per heavy atom. The van der Waals surface area contributed by atoms with E-state index in [0.29, 0.717) is 54.1 Å². The van der Waals surface area contributed by atoms with E-state index in [0.717, 1.165) is 12.8 Å². The van der Waals surface area contributed by atoms with Gasteiger partial charge in [0, 0.05) is 48.9 Å². The molecule has 1 N–H and O–H groups in total. The van der Waals surface area contributed by atoms with Crippen molar-refractivity contribution in [1.82, 2.24) is 4.90 Å². The number of carbonyl (C=O) groups excluding carboxylic acids is 1. The van der Waals surface area contributed by atoms with Crippen molar-refractivity contribution in [3.63, 3.8) is 0 Å². The average molecular weight is 402 g/mol. The summed E-state index contributed by atoms with van der Waals surface area (Å²) in [7, 11) is 4.58. The van der Waals surface area contributed by atoms with Gasteiger partial charge in [0.05, 0.1) is 21.3 Å². The molecule has 0 bridgehead atoms. The number of rotatable bonds is 10. The monoisotopic (exact) mass is 402 g/mol. The Hall–Kier alpha value is -2.80. The van der Waals surface area contributed by atoms with Crippen LogP contribution in [0.1, 0.15) is 24.8 Å². The van der Waals surface area contributed by atoms with Gasteiger partial charge in [-0.1, -0.05) is 18.2 Å². The normalized spacial score (nSPS) is 13.3. The Kier molecular flexibility index (Phi) is 6.93. The fourth-order valence-corrected chi connectivity index (χ4v) is 3.30. The number of benzene rings is 2. The van der Waals surface area contributed by atoms with E-state index in [2.05, 4.69) is 10.2 Å². The Morgan fingerprint density at radius 2 is 1.76 bits per heavy atom. The van der Waals surface area contributed by atoms with E-state index >= 15 is 0 Å². The summed E-state index contributed by atoms with van der Waals surface area (Å²) in [4.78, 5) is 14.7. The zero-order chi connectivity index (χ0) is 20.8. The Labute approximate surface area is 170 Å². The van der Waals surface area contributed by atoms with Crippen molar-refractivity contribution >= 4 is 11.6 Å². The molecule has 0 spiro atoms. The molecule has 2 aromatic rings. The van der Waals surface area contributed by atoms with Crippen LogP contribution in [0.4, 0.5) is 10.1 Å². The zero-order valence-corrected chi connectivity index (χ0v) is 17.0. The molecule has 7 heteroatoms. The Bertz CT molecular complexity index is 829. The SMILES string of the molecule is COc1cc(NC(=O)CCN(Cc2ccccc2F)C2CC2)cc(OC)c1OC. The van der Waals surface area contributed by atoms with Crippen LogP contribution in [-0.2, 0) is 11.3 Å². The highest BCUT2D eigenvalue weighted by atomic mass is 19.1. The quantitative estimate of drug-likeness (QED) is 0.654. The molecule has 0 radical (unpaired) electrons. The van der Waals surface area contributed by atoms with Crippen LogP contribution in [0.3, 0.4) is 0 Å².